The van der Waals surface area contributed by atoms with Gasteiger partial charge >= 0.3 is 24.0 Å². The molecule has 776 valence electrons. The topological polar surface area (TPSA) is 680 Å². The molecule has 24 N–H and O–H groups in total. The average Bonchev–Trinajstić information content (AvgIpc) is 0.819. The van der Waals surface area contributed by atoms with Gasteiger partial charge in [-0.2, -0.15) is 35.3 Å². The van der Waals surface area contributed by atoms with Crippen LogP contribution in [0.15, 0.2) is 170 Å². The van der Waals surface area contributed by atoms with Crippen molar-refractivity contribution >= 4 is 164 Å². The number of aliphatic carboxylic acids is 3. The molecule has 0 saturated heterocycles. The number of nitrogens with one attached hydrogen (secondary N) is 13. The molecule has 4 bridgehead atoms. The highest BCUT2D eigenvalue weighted by Crippen LogP contribution is 2.29. The number of nitrogens with zero attached hydrogens (tertiary/aromatic N) is 1. The normalized spacial score (nSPS) is 19.4. The molecular weight excluding hydrogens is 1940 g/mol. The Morgan fingerprint density at radius 2 is 0.959 bits per heavy atom. The summed E-state index contributed by atoms with van der Waals surface area (Å²) in [6.45, 7) is 10.9. The summed E-state index contributed by atoms with van der Waals surface area (Å²) in [6.07, 6.45) is -7.91. The molecule has 0 radical (unpaired) electrons. The Morgan fingerprint density at radius 3 is 1.49 bits per heavy atom. The lowest BCUT2D eigenvalue weighted by Crippen LogP contribution is -2.61. The maximum Gasteiger partial charge on any atom is 0.411 e. The molecule has 3 aliphatic rings. The number of benzene rings is 7. The number of fused-ring (bicyclic) bond motifs is 3. The largest absolute Gasteiger partial charge is 0.508 e. The van der Waals surface area contributed by atoms with Gasteiger partial charge in [-0.05, 0) is 106 Å². The summed E-state index contributed by atoms with van der Waals surface area (Å²) in [5.41, 5.74) is 22.0. The number of imide groups is 1. The van der Waals surface area contributed by atoms with Crippen molar-refractivity contribution in [1.29, 1.82) is 0 Å². The molecule has 7 aromatic rings. The number of carbonyl (C=O) groups is 20. The van der Waals surface area contributed by atoms with E-state index in [1.807, 2.05) is 97.1 Å². The van der Waals surface area contributed by atoms with E-state index in [9.17, 15) is 107 Å². The number of carbonyl (C=O) groups excluding carboxylic acids is 16. The lowest BCUT2D eigenvalue weighted by atomic mass is 9.81. The van der Waals surface area contributed by atoms with E-state index >= 15 is 9.59 Å². The van der Waals surface area contributed by atoms with Gasteiger partial charge in [-0.1, -0.05) is 178 Å². The summed E-state index contributed by atoms with van der Waals surface area (Å²) < 4.78 is 0. The van der Waals surface area contributed by atoms with Crippen molar-refractivity contribution in [1.82, 2.24) is 74.0 Å². The number of aromatic hydroxyl groups is 1. The van der Waals surface area contributed by atoms with Crippen LogP contribution in [-0.2, 0) is 147 Å². The number of Topliss-reactive ketones (excluding diaryl/α,β-unsaturated/α-hetero) is 1. The number of thioether (sulfide) groups is 3. The number of carboxylic acids is 3. The molecule has 0 aromatic heterocycles. The van der Waals surface area contributed by atoms with Crippen molar-refractivity contribution in [2.75, 3.05) is 17.3 Å². The standard InChI is InChI=1S/C100H123N17O25S3/c1-54(101)87(129)113-78(97(139)105-55(2)88(130)108-75(42-81(102)121)96(138)116-99(141)142)52-144-49-64-28-22-61(23-29-64)46-117-45-60-20-26-63(27-21-60)48-143-51-68(86(103)128)41-80(120)85(100(5,6)7)115-95(137)77(44-84(126)127)112-93(135)73(39-59-32-34-69(119)35-33-59)109-92(134)72(38-58-14-9-8-10-15-58)110-94(136)76(43-83(124)125)111-90(132)71(36-37-82(122)123)107-98(140)79(53-145-50-65-30-24-62(47-117)25-31-65)114-89(131)56(3)104-91(133)74(106-57(4)118)40-67-18-13-17-66-16-11-12-19-70(66)67/h8-35,54-56,68,71-79,85,119H,36-53,101H2,1-7H3,(H2,102,121)(H2,103,128)(H,104,133)(H,105,139)(H,106,118)(H,107,140)(H,108,130)(H,109,134)(H,110,136)(H,111,132)(H,112,135)(H,113,129)(H,114,131)(H,115,137)(H,116,138)(H,122,123)(H,124,125)(H,126,127)(H,141,142)/t54-,55+,56+,68-,71-,72-,73-,74-,75-,76-,77?,78-,79+,85+/m0/s1. The third kappa shape index (κ3) is 39.1. The number of primary amides is 2. The summed E-state index contributed by atoms with van der Waals surface area (Å²) >= 11 is 3.65. The second-order valence-electron chi connectivity index (χ2n) is 36.2. The third-order valence-electron chi connectivity index (χ3n) is 23.0. The maximum atomic E-state index is 15.1. The molecule has 45 heteroatoms. The van der Waals surface area contributed by atoms with Crippen LogP contribution in [0.2, 0.25) is 0 Å². The quantitative estimate of drug-likeness (QED) is 0.0274. The summed E-state index contributed by atoms with van der Waals surface area (Å²) in [5.74, 6) is -21.8. The predicted octanol–water partition coefficient (Wildman–Crippen LogP) is 2.00. The number of carboxylic acid groups (broad SMARTS) is 4. The fraction of sp³-hybridized carbons (Fsp3) is 0.400. The van der Waals surface area contributed by atoms with Gasteiger partial charge in [0.15, 0.2) is 5.78 Å². The molecule has 7 aromatic carbocycles. The van der Waals surface area contributed by atoms with Crippen molar-refractivity contribution in [3.05, 3.63) is 220 Å². The fourth-order valence-corrected chi connectivity index (χ4v) is 18.4. The molecule has 145 heavy (non-hydrogen) atoms. The average molecular weight is 2060 g/mol. The van der Waals surface area contributed by atoms with Crippen LogP contribution in [0, 0.1) is 11.3 Å². The minimum absolute atomic E-state index is 0.0169. The first-order chi connectivity index (χ1) is 68.6. The van der Waals surface area contributed by atoms with Gasteiger partial charge in [0.1, 0.15) is 72.2 Å². The molecule has 3 heterocycles. The zero-order valence-electron chi connectivity index (χ0n) is 80.8. The molecule has 3 aliphatic heterocycles. The fourth-order valence-electron chi connectivity index (χ4n) is 15.3. The van der Waals surface area contributed by atoms with E-state index in [0.717, 1.165) is 50.4 Å². The molecule has 1 unspecified atom stereocenters. The Balaban J connectivity index is 1.14. The van der Waals surface area contributed by atoms with Crippen molar-refractivity contribution in [3.63, 3.8) is 0 Å². The molecule has 14 atom stereocenters. The monoisotopic (exact) mass is 2060 g/mol. The number of rotatable bonds is 34. The molecule has 0 aliphatic carbocycles. The van der Waals surface area contributed by atoms with E-state index in [1.54, 1.807) is 69.3 Å². The van der Waals surface area contributed by atoms with Gasteiger partial charge in [-0.25, -0.2) is 4.79 Å². The summed E-state index contributed by atoms with van der Waals surface area (Å²) in [4.78, 5) is 275. The van der Waals surface area contributed by atoms with Crippen LogP contribution in [0.4, 0.5) is 4.79 Å². The number of amides is 16. The van der Waals surface area contributed by atoms with Crippen LogP contribution in [0.1, 0.15) is 137 Å². The van der Waals surface area contributed by atoms with Crippen molar-refractivity contribution in [3.8, 4) is 5.75 Å². The highest BCUT2D eigenvalue weighted by molar-refractivity contribution is 7.99. The van der Waals surface area contributed by atoms with E-state index < -0.39 is 260 Å². The SMILES string of the molecule is CC(=O)N[C@@H](Cc1cccc2ccccc12)C(=O)N[C@H](C)C(=O)N[C@@H]1CSCc2ccc(cc2)CN(Cc2ccc(CSC[C@H](NC(=O)[C@H](C)N)C(=O)N[C@H](C)C(=O)N[C@@H](CC(N)=O)C(=O)NC(=O)O)cc2)Cc2ccc(cc2)CSC[C@@H](C(N)=O)CC(=O)[C@H](C(C)(C)C)NC(=O)C(CC(=O)O)NC(=O)[C@H](Cc2ccc(O)cc2)NC(=O)[C@H](Cc2ccccc2)NC(=O)[C@H](CC(=O)O)NC(=O)[C@H](CCC(=O)O)NC1=O. The van der Waals surface area contributed by atoms with Gasteiger partial charge in [-0.3, -0.25) is 101 Å². The molecule has 42 nitrogen and oxygen atoms in total. The Hall–Kier alpha value is -14.8. The molecule has 0 saturated carbocycles. The molecule has 10 rings (SSSR count). The Kier molecular flexibility index (Phi) is 44.8. The van der Waals surface area contributed by atoms with Gasteiger partial charge in [0.05, 0.1) is 37.3 Å². The van der Waals surface area contributed by atoms with Crippen LogP contribution in [0.5, 0.6) is 5.75 Å². The first kappa shape index (κ1) is 115. The molecule has 0 fully saturated rings. The van der Waals surface area contributed by atoms with Crippen LogP contribution >= 0.6 is 35.3 Å². The van der Waals surface area contributed by atoms with E-state index in [4.69, 9.17) is 22.3 Å². The second-order valence-corrected chi connectivity index (χ2v) is 39.3. The highest BCUT2D eigenvalue weighted by atomic mass is 32.2. The molecule has 0 spiro atoms. The lowest BCUT2D eigenvalue weighted by Gasteiger charge is -2.32. The molecular formula is C100H123N17O25S3. The van der Waals surface area contributed by atoms with E-state index in [2.05, 4.69) is 68.7 Å². The third-order valence-corrected chi connectivity index (χ3v) is 26.4. The zero-order valence-corrected chi connectivity index (χ0v) is 83.2. The van der Waals surface area contributed by atoms with Gasteiger partial charge < -0.3 is 107 Å². The van der Waals surface area contributed by atoms with Crippen LogP contribution < -0.4 is 86.3 Å². The number of phenolic OH excluding ortho intramolecular Hbond substituents is 1. The Labute approximate surface area is 848 Å². The minimum Gasteiger partial charge on any atom is -0.508 e. The number of hydrogen-bond donors (Lipinski definition) is 21. The van der Waals surface area contributed by atoms with Crippen LogP contribution in [0.25, 0.3) is 10.8 Å². The van der Waals surface area contributed by atoms with Gasteiger partial charge in [0.25, 0.3) is 5.91 Å². The highest BCUT2D eigenvalue weighted by Gasteiger charge is 2.41. The van der Waals surface area contributed by atoms with Crippen LogP contribution in [0.3, 0.4) is 0 Å². The summed E-state index contributed by atoms with van der Waals surface area (Å²) in [7, 11) is 0. The lowest BCUT2D eigenvalue weighted by molar-refractivity contribution is -0.142. The van der Waals surface area contributed by atoms with Crippen LogP contribution in [-0.4, -0.2) is 245 Å². The smallest absolute Gasteiger partial charge is 0.411 e. The Bertz CT molecular complexity index is 5800. The van der Waals surface area contributed by atoms with E-state index in [0.29, 0.717) is 47.8 Å². The summed E-state index contributed by atoms with van der Waals surface area (Å²) in [6, 6.07) is 27.4. The van der Waals surface area contributed by atoms with Crippen molar-refractivity contribution in [2.45, 2.75) is 222 Å². The van der Waals surface area contributed by atoms with Crippen molar-refractivity contribution < 1.29 is 121 Å². The maximum absolute atomic E-state index is 15.1. The first-order valence-corrected chi connectivity index (χ1v) is 49.7. The number of nitrogens with two attached hydrogens (primary N) is 3. The van der Waals surface area contributed by atoms with E-state index in [-0.39, 0.29) is 40.7 Å². The molecule has 16 amide bonds. The Morgan fingerprint density at radius 1 is 0.483 bits per heavy atom. The predicted molar refractivity (Wildman–Crippen MR) is 537 cm³/mol. The van der Waals surface area contributed by atoms with Gasteiger partial charge in [0, 0.05) is 93.2 Å². The van der Waals surface area contributed by atoms with E-state index in [1.165, 1.54) is 80.8 Å². The number of ketones is 1. The number of phenols is 1. The summed E-state index contributed by atoms with van der Waals surface area (Å²) in [5, 5.41) is 83.2. The zero-order chi connectivity index (χ0) is 106. The minimum atomic E-state index is -2.17. The number of hydrogen-bond acceptors (Lipinski definition) is 26. The first-order valence-electron chi connectivity index (χ1n) is 46.3. The van der Waals surface area contributed by atoms with Gasteiger partial charge in [-0.15, -0.1) is 0 Å². The van der Waals surface area contributed by atoms with Crippen molar-refractivity contribution in [2.24, 2.45) is 28.5 Å². The second kappa shape index (κ2) is 56.3. The van der Waals surface area contributed by atoms with Gasteiger partial charge in [0.2, 0.25) is 82.7 Å².